The molecule has 0 radical (unpaired) electrons. The molecule has 0 bridgehead atoms. The van der Waals surface area contributed by atoms with Gasteiger partial charge in [-0.25, -0.2) is 4.98 Å². The van der Waals surface area contributed by atoms with Gasteiger partial charge in [0.25, 0.3) is 5.91 Å². The van der Waals surface area contributed by atoms with E-state index in [4.69, 9.17) is 0 Å². The predicted molar refractivity (Wildman–Crippen MR) is 122 cm³/mol. The quantitative estimate of drug-likeness (QED) is 0.465. The molecule has 0 atom stereocenters. The van der Waals surface area contributed by atoms with Gasteiger partial charge in [0.2, 0.25) is 0 Å². The van der Waals surface area contributed by atoms with E-state index in [0.717, 1.165) is 24.3 Å². The van der Waals surface area contributed by atoms with Crippen LogP contribution >= 0.6 is 11.3 Å². The molecular weight excluding hydrogens is 394 g/mol. The number of ketones is 1. The molecule has 6 heteroatoms. The highest BCUT2D eigenvalue weighted by atomic mass is 32.1. The van der Waals surface area contributed by atoms with Gasteiger partial charge in [0, 0.05) is 18.5 Å². The average Bonchev–Trinajstić information content (AvgIpc) is 3.19. The summed E-state index contributed by atoms with van der Waals surface area (Å²) in [6, 6.07) is 19.0. The van der Waals surface area contributed by atoms with Crippen molar-refractivity contribution >= 4 is 28.2 Å². The second kappa shape index (κ2) is 10.8. The third-order valence-corrected chi connectivity index (χ3v) is 6.01. The summed E-state index contributed by atoms with van der Waals surface area (Å²) in [5, 5.41) is 3.32. The number of aromatic nitrogens is 1. The zero-order chi connectivity index (χ0) is 21.3. The molecule has 0 saturated heterocycles. The molecule has 1 amide bonds. The van der Waals surface area contributed by atoms with Gasteiger partial charge >= 0.3 is 0 Å². The van der Waals surface area contributed by atoms with E-state index in [1.165, 1.54) is 11.3 Å². The summed E-state index contributed by atoms with van der Waals surface area (Å²) < 4.78 is 0. The number of carbonyl (C=O) groups excluding carboxylic acids is 2. The maximum atomic E-state index is 13.0. The SMILES string of the molecule is CCN(CC)Cc1nc(NC(=O)c2ccccc2)sc1C(=O)CCc1ccccc1. The van der Waals surface area contributed by atoms with E-state index in [-0.39, 0.29) is 11.7 Å². The Morgan fingerprint density at radius 1 is 0.967 bits per heavy atom. The van der Waals surface area contributed by atoms with E-state index in [9.17, 15) is 9.59 Å². The Balaban J connectivity index is 1.78. The summed E-state index contributed by atoms with van der Waals surface area (Å²) in [5.41, 5.74) is 2.44. The van der Waals surface area contributed by atoms with Gasteiger partial charge in [0.1, 0.15) is 0 Å². The summed E-state index contributed by atoms with van der Waals surface area (Å²) in [4.78, 5) is 33.0. The summed E-state index contributed by atoms with van der Waals surface area (Å²) in [6.07, 6.45) is 1.11. The fraction of sp³-hybridized carbons (Fsp3) is 0.292. The highest BCUT2D eigenvalue weighted by molar-refractivity contribution is 7.17. The number of Topliss-reactive ketones (excluding diaryl/α,β-unsaturated/α-hetero) is 1. The molecular formula is C24H27N3O2S. The molecule has 0 saturated carbocycles. The summed E-state index contributed by atoms with van der Waals surface area (Å²) in [7, 11) is 0. The maximum Gasteiger partial charge on any atom is 0.257 e. The van der Waals surface area contributed by atoms with E-state index in [0.29, 0.717) is 35.0 Å². The number of benzene rings is 2. The largest absolute Gasteiger partial charge is 0.298 e. The molecule has 0 fully saturated rings. The number of aryl methyl sites for hydroxylation is 1. The first-order chi connectivity index (χ1) is 14.6. The monoisotopic (exact) mass is 421 g/mol. The number of thiazole rings is 1. The van der Waals surface area contributed by atoms with Crippen molar-refractivity contribution in [3.63, 3.8) is 0 Å². The predicted octanol–water partition coefficient (Wildman–Crippen LogP) is 5.05. The first-order valence-electron chi connectivity index (χ1n) is 10.3. The summed E-state index contributed by atoms with van der Waals surface area (Å²) in [5.74, 6) is -0.152. The van der Waals surface area contributed by atoms with Crippen LogP contribution in [0.4, 0.5) is 5.13 Å². The van der Waals surface area contributed by atoms with Crippen LogP contribution in [0.1, 0.15) is 51.6 Å². The smallest absolute Gasteiger partial charge is 0.257 e. The van der Waals surface area contributed by atoms with Crippen LogP contribution in [0.15, 0.2) is 60.7 Å². The van der Waals surface area contributed by atoms with Gasteiger partial charge in [-0.1, -0.05) is 73.7 Å². The van der Waals surface area contributed by atoms with Crippen LogP contribution in [-0.4, -0.2) is 34.7 Å². The summed E-state index contributed by atoms with van der Waals surface area (Å²) >= 11 is 1.27. The lowest BCUT2D eigenvalue weighted by Gasteiger charge is -2.17. The van der Waals surface area contributed by atoms with Gasteiger partial charge in [-0.05, 0) is 37.2 Å². The normalized spacial score (nSPS) is 10.9. The lowest BCUT2D eigenvalue weighted by molar-refractivity contribution is 0.0983. The van der Waals surface area contributed by atoms with Gasteiger partial charge in [-0.3, -0.25) is 19.8 Å². The van der Waals surface area contributed by atoms with Gasteiger partial charge < -0.3 is 0 Å². The van der Waals surface area contributed by atoms with Crippen molar-refractivity contribution in [3.8, 4) is 0 Å². The second-order valence-corrected chi connectivity index (χ2v) is 7.98. The van der Waals surface area contributed by atoms with E-state index in [1.807, 2.05) is 48.5 Å². The van der Waals surface area contributed by atoms with Crippen LogP contribution in [0.3, 0.4) is 0 Å². The fourth-order valence-electron chi connectivity index (χ4n) is 3.16. The Bertz CT molecular complexity index is 967. The molecule has 3 aromatic rings. The number of hydrogen-bond acceptors (Lipinski definition) is 5. The van der Waals surface area contributed by atoms with E-state index in [1.54, 1.807) is 12.1 Å². The van der Waals surface area contributed by atoms with Gasteiger partial charge in [-0.2, -0.15) is 0 Å². The minimum atomic E-state index is -0.220. The Hall–Kier alpha value is -2.83. The molecule has 3 rings (SSSR count). The topological polar surface area (TPSA) is 62.3 Å². The van der Waals surface area contributed by atoms with Gasteiger partial charge in [0.05, 0.1) is 10.6 Å². The van der Waals surface area contributed by atoms with E-state index < -0.39 is 0 Å². The molecule has 0 spiro atoms. The van der Waals surface area contributed by atoms with Crippen molar-refractivity contribution in [2.24, 2.45) is 0 Å². The lowest BCUT2D eigenvalue weighted by Crippen LogP contribution is -2.23. The minimum Gasteiger partial charge on any atom is -0.298 e. The Morgan fingerprint density at radius 3 is 2.23 bits per heavy atom. The highest BCUT2D eigenvalue weighted by Gasteiger charge is 2.20. The first kappa shape index (κ1) is 21.9. The second-order valence-electron chi connectivity index (χ2n) is 6.99. The third-order valence-electron chi connectivity index (χ3n) is 4.96. The molecule has 156 valence electrons. The number of hydrogen-bond donors (Lipinski definition) is 1. The lowest BCUT2D eigenvalue weighted by atomic mass is 10.1. The van der Waals surface area contributed by atoms with Crippen LogP contribution < -0.4 is 5.32 Å². The molecule has 30 heavy (non-hydrogen) atoms. The molecule has 5 nitrogen and oxygen atoms in total. The van der Waals surface area contributed by atoms with Crippen molar-refractivity contribution in [1.29, 1.82) is 0 Å². The molecule has 2 aromatic carbocycles. The van der Waals surface area contributed by atoms with Crippen LogP contribution in [0.5, 0.6) is 0 Å². The number of nitrogens with zero attached hydrogens (tertiary/aromatic N) is 2. The highest BCUT2D eigenvalue weighted by Crippen LogP contribution is 2.27. The number of amides is 1. The molecule has 0 aliphatic carbocycles. The van der Waals surface area contributed by atoms with Crippen molar-refractivity contribution in [2.75, 3.05) is 18.4 Å². The van der Waals surface area contributed by atoms with Crippen molar-refractivity contribution in [1.82, 2.24) is 9.88 Å². The Kier molecular flexibility index (Phi) is 7.88. The molecule has 1 heterocycles. The molecule has 0 aliphatic rings. The van der Waals surface area contributed by atoms with Crippen LogP contribution in [0.2, 0.25) is 0 Å². The van der Waals surface area contributed by atoms with Crippen molar-refractivity contribution < 1.29 is 9.59 Å². The Morgan fingerprint density at radius 2 is 1.60 bits per heavy atom. The molecule has 0 unspecified atom stereocenters. The standard InChI is InChI=1S/C24H27N3O2S/c1-3-27(4-2)17-20-22(21(28)16-15-18-11-7-5-8-12-18)30-24(25-20)26-23(29)19-13-9-6-10-14-19/h5-14H,3-4,15-17H2,1-2H3,(H,25,26,29). The average molecular weight is 422 g/mol. The van der Waals surface area contributed by atoms with Crippen LogP contribution in [0, 0.1) is 0 Å². The fourth-order valence-corrected chi connectivity index (χ4v) is 4.10. The molecule has 0 aliphatic heterocycles. The maximum absolute atomic E-state index is 13.0. The number of anilines is 1. The third kappa shape index (κ3) is 5.84. The van der Waals surface area contributed by atoms with E-state index in [2.05, 4.69) is 29.0 Å². The van der Waals surface area contributed by atoms with Gasteiger partial charge in [-0.15, -0.1) is 0 Å². The molecule has 1 N–H and O–H groups in total. The van der Waals surface area contributed by atoms with Crippen LogP contribution in [-0.2, 0) is 13.0 Å². The first-order valence-corrected chi connectivity index (χ1v) is 11.1. The van der Waals surface area contributed by atoms with Crippen molar-refractivity contribution in [3.05, 3.63) is 82.4 Å². The minimum absolute atomic E-state index is 0.0683. The Labute approximate surface area is 181 Å². The zero-order valence-electron chi connectivity index (χ0n) is 17.4. The zero-order valence-corrected chi connectivity index (χ0v) is 18.2. The number of rotatable bonds is 10. The molecule has 1 aromatic heterocycles. The van der Waals surface area contributed by atoms with Crippen molar-refractivity contribution in [2.45, 2.75) is 33.2 Å². The summed E-state index contributed by atoms with van der Waals surface area (Å²) in [6.45, 7) is 6.52. The van der Waals surface area contributed by atoms with Gasteiger partial charge in [0.15, 0.2) is 10.9 Å². The van der Waals surface area contributed by atoms with Crippen LogP contribution in [0.25, 0.3) is 0 Å². The number of nitrogens with one attached hydrogen (secondary N) is 1. The van der Waals surface area contributed by atoms with E-state index >= 15 is 0 Å². The number of carbonyl (C=O) groups is 2.